The van der Waals surface area contributed by atoms with Gasteiger partial charge in [0.15, 0.2) is 0 Å². The van der Waals surface area contributed by atoms with Gasteiger partial charge in [0.1, 0.15) is 55.0 Å². The average molecular weight is 1030 g/mol. The molecular formula is C55H65F2NO12S2. The monoisotopic (exact) mass is 1030 g/mol. The normalized spacial score (nSPS) is 25.2. The maximum Gasteiger partial charge on any atom is 0.508 e. The van der Waals surface area contributed by atoms with Crippen molar-refractivity contribution in [2.24, 2.45) is 35.0 Å². The molecule has 4 aliphatic rings. The second-order valence-electron chi connectivity index (χ2n) is 19.7. The highest BCUT2D eigenvalue weighted by atomic mass is 33.1. The number of amides is 1. The number of hydrogen-bond acceptors (Lipinski definition) is 14. The molecule has 2 saturated heterocycles. The first kappa shape index (κ1) is 54.2. The lowest BCUT2D eigenvalue weighted by Gasteiger charge is -2.48. The molecule has 0 aromatic heterocycles. The van der Waals surface area contributed by atoms with Gasteiger partial charge >= 0.3 is 24.2 Å². The van der Waals surface area contributed by atoms with Crippen LogP contribution < -0.4 is 4.90 Å². The summed E-state index contributed by atoms with van der Waals surface area (Å²) in [5.74, 6) is -0.719. The van der Waals surface area contributed by atoms with Gasteiger partial charge in [-0.05, 0) is 135 Å². The van der Waals surface area contributed by atoms with Crippen LogP contribution in [0.15, 0.2) is 96.6 Å². The molecule has 1 amide bonds. The van der Waals surface area contributed by atoms with Crippen molar-refractivity contribution in [2.75, 3.05) is 29.6 Å². The Morgan fingerprint density at radius 1 is 0.847 bits per heavy atom. The number of allylic oxidation sites excluding steroid dienone is 3. The van der Waals surface area contributed by atoms with E-state index in [-0.39, 0.29) is 79.9 Å². The Morgan fingerprint density at radius 2 is 1.50 bits per heavy atom. The summed E-state index contributed by atoms with van der Waals surface area (Å²) in [6.07, 6.45) is 6.09. The van der Waals surface area contributed by atoms with Crippen molar-refractivity contribution in [3.8, 4) is 5.75 Å². The summed E-state index contributed by atoms with van der Waals surface area (Å²) in [6.45, 7) is 10.2. The second kappa shape index (κ2) is 24.9. The molecule has 3 aromatic rings. The predicted molar refractivity (Wildman–Crippen MR) is 270 cm³/mol. The number of β-lactam (4-membered cyclic amide) rings is 1. The van der Waals surface area contributed by atoms with Gasteiger partial charge in [-0.3, -0.25) is 14.4 Å². The van der Waals surface area contributed by atoms with E-state index in [0.29, 0.717) is 42.0 Å². The van der Waals surface area contributed by atoms with Gasteiger partial charge < -0.3 is 38.4 Å². The first-order valence-corrected chi connectivity index (χ1v) is 27.3. The van der Waals surface area contributed by atoms with E-state index in [1.807, 2.05) is 20.8 Å². The first-order valence-electron chi connectivity index (χ1n) is 24.8. The molecule has 0 saturated carbocycles. The third-order valence-electron chi connectivity index (χ3n) is 14.2. The minimum atomic E-state index is -0.938. The molecule has 1 N–H and O–H groups in total. The highest BCUT2D eigenvalue weighted by Gasteiger charge is 2.49. The number of halogens is 2. The zero-order chi connectivity index (χ0) is 51.5. The van der Waals surface area contributed by atoms with Crippen LogP contribution in [0.25, 0.3) is 0 Å². The van der Waals surface area contributed by atoms with E-state index < -0.39 is 65.6 Å². The van der Waals surface area contributed by atoms with Gasteiger partial charge in [-0.2, -0.15) is 0 Å². The van der Waals surface area contributed by atoms with E-state index in [4.69, 9.17) is 28.4 Å². The summed E-state index contributed by atoms with van der Waals surface area (Å²) >= 11 is 0. The van der Waals surface area contributed by atoms with Crippen molar-refractivity contribution in [3.05, 3.63) is 119 Å². The van der Waals surface area contributed by atoms with E-state index in [0.717, 1.165) is 18.4 Å². The number of anilines is 1. The molecule has 7 rings (SSSR count). The van der Waals surface area contributed by atoms with Crippen LogP contribution in [0.4, 0.5) is 24.1 Å². The van der Waals surface area contributed by atoms with Crippen LogP contribution >= 0.6 is 21.6 Å². The number of carbonyl (C=O) groups is 5. The highest BCUT2D eigenvalue weighted by molar-refractivity contribution is 8.76. The van der Waals surface area contributed by atoms with Gasteiger partial charge in [-0.1, -0.05) is 84.9 Å². The Morgan fingerprint density at radius 3 is 2.17 bits per heavy atom. The average Bonchev–Trinajstić information content (AvgIpc) is 3.34. The molecule has 2 heterocycles. The van der Waals surface area contributed by atoms with E-state index in [1.165, 1.54) is 87.8 Å². The number of esters is 2. The number of ether oxygens (including phenoxy) is 6. The third kappa shape index (κ3) is 14.1. The summed E-state index contributed by atoms with van der Waals surface area (Å²) in [5, 5.41) is 9.91. The van der Waals surface area contributed by atoms with Crippen LogP contribution in [-0.4, -0.2) is 78.3 Å². The van der Waals surface area contributed by atoms with E-state index in [2.05, 4.69) is 32.1 Å². The molecule has 388 valence electrons. The quantitative estimate of drug-likeness (QED) is 0.0352. The molecule has 10 atom stereocenters. The van der Waals surface area contributed by atoms with Crippen molar-refractivity contribution in [2.45, 2.75) is 116 Å². The molecule has 2 aliphatic heterocycles. The number of phenolic OH excluding ortho intramolecular Hbond substituents is 1. The van der Waals surface area contributed by atoms with Gasteiger partial charge in [0, 0.05) is 29.5 Å². The highest BCUT2D eigenvalue weighted by Crippen LogP contribution is 2.48. The summed E-state index contributed by atoms with van der Waals surface area (Å²) in [4.78, 5) is 66.7. The largest absolute Gasteiger partial charge is 0.508 e. The number of rotatable bonds is 21. The van der Waals surface area contributed by atoms with Gasteiger partial charge in [-0.15, -0.1) is 0 Å². The lowest BCUT2D eigenvalue weighted by Crippen LogP contribution is -2.55. The number of cyclic esters (lactones) is 1. The number of aromatic hydroxyl groups is 1. The summed E-state index contributed by atoms with van der Waals surface area (Å²) in [6, 6.07) is 17.2. The van der Waals surface area contributed by atoms with Gasteiger partial charge in [-0.25, -0.2) is 18.4 Å². The number of fused-ring (bicyclic) bond motifs is 1. The molecule has 0 radical (unpaired) electrons. The Labute approximate surface area is 428 Å². The Kier molecular flexibility index (Phi) is 18.8. The van der Waals surface area contributed by atoms with Crippen LogP contribution in [0.1, 0.15) is 109 Å². The van der Waals surface area contributed by atoms with Crippen LogP contribution in [0.5, 0.6) is 5.75 Å². The van der Waals surface area contributed by atoms with Crippen molar-refractivity contribution >= 4 is 57.4 Å². The molecule has 0 spiro atoms. The second-order valence-corrected chi connectivity index (χ2v) is 22.4. The number of benzene rings is 3. The summed E-state index contributed by atoms with van der Waals surface area (Å²) in [5.41, 5.74) is 2.40. The van der Waals surface area contributed by atoms with Gasteiger partial charge in [0.2, 0.25) is 5.91 Å². The lowest BCUT2D eigenvalue weighted by atomic mass is 9.65. The Bertz CT molecular complexity index is 2420. The van der Waals surface area contributed by atoms with Gasteiger partial charge in [0.05, 0.1) is 23.8 Å². The standard InChI is InChI=1S/C55H65F2NO12S2/c1-6-55(4,5)52(62)69-47-30-33(2)29-37-8-7-34(3)44(49(37)47)22-21-42-31-43(32-48(60)67-42)68-53(63)65-25-27-71-72-28-26-66-54(64)70-46(35-9-13-38(56)14-10-35)24-23-45-50(36-11-19-41(59)20-12-36)58(51(45)61)40-17-15-39(57)16-18-40/h7-20,29,33-34,42-47,49-50,59H,6,21-28,30-32H2,1-5H3/t33?,34-,42+,43+,44-,45?,46-,47?,49-,50?/m0/s1. The lowest BCUT2D eigenvalue weighted by molar-refractivity contribution is -0.166. The van der Waals surface area contributed by atoms with E-state index in [9.17, 15) is 37.9 Å². The van der Waals surface area contributed by atoms with Crippen LogP contribution in [0.2, 0.25) is 0 Å². The molecule has 17 heteroatoms. The SMILES string of the molecule is CCC(C)(C)C(=O)OC1CC(C)C=C2C=C[C@H](C)[C@H](CC[C@@H]3C[C@@H](OC(=O)OCCSSCCOC(=O)O[C@@H](CCC4C(=O)N(c5ccc(F)cc5)C4c4ccc(O)cc4)c4ccc(F)cc4)CC(=O)O3)[C@H]21. The minimum absolute atomic E-state index is 0.00453. The van der Waals surface area contributed by atoms with Crippen LogP contribution in [-0.2, 0) is 42.8 Å². The van der Waals surface area contributed by atoms with Crippen LogP contribution in [0.3, 0.4) is 0 Å². The fourth-order valence-electron chi connectivity index (χ4n) is 9.98. The number of hydrogen-bond donors (Lipinski definition) is 1. The van der Waals surface area contributed by atoms with Crippen LogP contribution in [0, 0.1) is 46.6 Å². The molecule has 4 unspecified atom stereocenters. The smallest absolute Gasteiger partial charge is 0.508 e. The molecule has 0 bridgehead atoms. The van der Waals surface area contributed by atoms with Gasteiger partial charge in [0.25, 0.3) is 0 Å². The summed E-state index contributed by atoms with van der Waals surface area (Å²) < 4.78 is 61.6. The fraction of sp³-hybridized carbons (Fsp3) is 0.509. The molecule has 13 nitrogen and oxygen atoms in total. The molecule has 3 aromatic carbocycles. The Balaban J connectivity index is 0.815. The fourth-order valence-corrected chi connectivity index (χ4v) is 11.6. The zero-order valence-electron chi connectivity index (χ0n) is 41.4. The van der Waals surface area contributed by atoms with E-state index in [1.54, 1.807) is 17.0 Å². The zero-order valence-corrected chi connectivity index (χ0v) is 43.0. The first-order chi connectivity index (χ1) is 34.5. The van der Waals surface area contributed by atoms with E-state index >= 15 is 0 Å². The molecule has 2 aliphatic carbocycles. The minimum Gasteiger partial charge on any atom is -0.508 e. The van der Waals surface area contributed by atoms with Crippen molar-refractivity contribution < 1.29 is 66.3 Å². The number of phenols is 1. The van der Waals surface area contributed by atoms with Crippen molar-refractivity contribution in [1.29, 1.82) is 0 Å². The molecular weight excluding hydrogens is 969 g/mol. The summed E-state index contributed by atoms with van der Waals surface area (Å²) in [7, 11) is 2.79. The van der Waals surface area contributed by atoms with Crippen molar-refractivity contribution in [3.63, 3.8) is 0 Å². The third-order valence-corrected chi connectivity index (χ3v) is 16.6. The molecule has 2 fully saturated rings. The Hall–Kier alpha value is -5.55. The topological polar surface area (TPSA) is 164 Å². The maximum atomic E-state index is 13.9. The molecule has 72 heavy (non-hydrogen) atoms. The van der Waals surface area contributed by atoms with Crippen molar-refractivity contribution in [1.82, 2.24) is 0 Å². The predicted octanol–water partition coefficient (Wildman–Crippen LogP) is 12.2. The number of carbonyl (C=O) groups excluding carboxylic acids is 5. The maximum absolute atomic E-state index is 13.9. The number of nitrogens with zero attached hydrogens (tertiary/aromatic N) is 1.